The number of methoxy groups -OCH3 is 2. The minimum absolute atomic E-state index is 0.00216. The average Bonchev–Trinajstić information content (AvgIpc) is 3.11. The van der Waals surface area contributed by atoms with E-state index in [1.54, 1.807) is 14.2 Å². The van der Waals surface area contributed by atoms with Gasteiger partial charge in [0.05, 0.1) is 20.8 Å². The van der Waals surface area contributed by atoms with Crippen molar-refractivity contribution >= 4 is 11.8 Å². The van der Waals surface area contributed by atoms with Crippen LogP contribution in [0, 0.1) is 5.92 Å². The highest BCUT2D eigenvalue weighted by molar-refractivity contribution is 6.05. The molecule has 1 atom stereocenters. The fourth-order valence-electron chi connectivity index (χ4n) is 3.47. The molecule has 2 N–H and O–H groups in total. The SMILES string of the molecule is COc1ccc(CCNC(=O)c2nnn3c2C(=O)N[C@@H](CC(C)C)C3)cc1OC. The van der Waals surface area contributed by atoms with Gasteiger partial charge in [-0.3, -0.25) is 9.59 Å². The van der Waals surface area contributed by atoms with Gasteiger partial charge in [0.15, 0.2) is 22.9 Å². The third kappa shape index (κ3) is 4.67. The van der Waals surface area contributed by atoms with Gasteiger partial charge in [0.2, 0.25) is 0 Å². The van der Waals surface area contributed by atoms with Crippen molar-refractivity contribution in [3.8, 4) is 11.5 Å². The van der Waals surface area contributed by atoms with E-state index in [0.717, 1.165) is 12.0 Å². The Kier molecular flexibility index (Phi) is 6.36. The van der Waals surface area contributed by atoms with Crippen molar-refractivity contribution in [1.29, 1.82) is 0 Å². The summed E-state index contributed by atoms with van der Waals surface area (Å²) in [6, 6.07) is 5.60. The number of rotatable bonds is 8. The summed E-state index contributed by atoms with van der Waals surface area (Å²) in [6.45, 7) is 5.10. The molecule has 0 unspecified atom stereocenters. The molecule has 1 aliphatic rings. The predicted molar refractivity (Wildman–Crippen MR) is 106 cm³/mol. The molecule has 2 heterocycles. The van der Waals surface area contributed by atoms with E-state index in [0.29, 0.717) is 36.9 Å². The number of hydrogen-bond acceptors (Lipinski definition) is 6. The summed E-state index contributed by atoms with van der Waals surface area (Å²) in [4.78, 5) is 25.0. The fourth-order valence-corrected chi connectivity index (χ4v) is 3.47. The summed E-state index contributed by atoms with van der Waals surface area (Å²) >= 11 is 0. The average molecular weight is 401 g/mol. The normalized spacial score (nSPS) is 15.6. The summed E-state index contributed by atoms with van der Waals surface area (Å²) in [5.74, 6) is 1.01. The number of benzene rings is 1. The summed E-state index contributed by atoms with van der Waals surface area (Å²) < 4.78 is 12.0. The first kappa shape index (κ1) is 20.6. The smallest absolute Gasteiger partial charge is 0.274 e. The van der Waals surface area contributed by atoms with Crippen LogP contribution in [0.15, 0.2) is 18.2 Å². The van der Waals surface area contributed by atoms with E-state index < -0.39 is 5.91 Å². The molecule has 9 nitrogen and oxygen atoms in total. The molecule has 29 heavy (non-hydrogen) atoms. The van der Waals surface area contributed by atoms with E-state index in [9.17, 15) is 9.59 Å². The zero-order chi connectivity index (χ0) is 21.0. The zero-order valence-electron chi connectivity index (χ0n) is 17.2. The van der Waals surface area contributed by atoms with Crippen molar-refractivity contribution in [1.82, 2.24) is 25.6 Å². The largest absolute Gasteiger partial charge is 0.493 e. The predicted octanol–water partition coefficient (Wildman–Crippen LogP) is 1.43. The highest BCUT2D eigenvalue weighted by Crippen LogP contribution is 2.27. The van der Waals surface area contributed by atoms with Gasteiger partial charge in [-0.25, -0.2) is 4.68 Å². The second-order valence-corrected chi connectivity index (χ2v) is 7.46. The molecule has 2 aromatic rings. The Balaban J connectivity index is 1.61. The van der Waals surface area contributed by atoms with Gasteiger partial charge in [0, 0.05) is 12.6 Å². The third-order valence-corrected chi connectivity index (χ3v) is 4.80. The molecule has 0 aliphatic carbocycles. The Hall–Kier alpha value is -3.10. The number of amides is 2. The van der Waals surface area contributed by atoms with Gasteiger partial charge >= 0.3 is 0 Å². The Bertz CT molecular complexity index is 893. The second kappa shape index (κ2) is 8.93. The van der Waals surface area contributed by atoms with Crippen LogP contribution >= 0.6 is 0 Å². The lowest BCUT2D eigenvalue weighted by Crippen LogP contribution is -2.46. The molecule has 0 spiro atoms. The monoisotopic (exact) mass is 401 g/mol. The maximum Gasteiger partial charge on any atom is 0.274 e. The Morgan fingerprint density at radius 3 is 2.76 bits per heavy atom. The van der Waals surface area contributed by atoms with Crippen molar-refractivity contribution in [2.75, 3.05) is 20.8 Å². The summed E-state index contributed by atoms with van der Waals surface area (Å²) in [5, 5.41) is 13.7. The van der Waals surface area contributed by atoms with E-state index in [2.05, 4.69) is 34.8 Å². The summed E-state index contributed by atoms with van der Waals surface area (Å²) in [7, 11) is 3.16. The number of fused-ring (bicyclic) bond motifs is 1. The van der Waals surface area contributed by atoms with Crippen LogP contribution in [0.25, 0.3) is 0 Å². The molecule has 0 bridgehead atoms. The number of carbonyl (C=O) groups excluding carboxylic acids is 2. The first-order chi connectivity index (χ1) is 13.9. The van der Waals surface area contributed by atoms with Gasteiger partial charge in [-0.15, -0.1) is 5.10 Å². The number of nitrogens with zero attached hydrogens (tertiary/aromatic N) is 3. The Morgan fingerprint density at radius 1 is 1.31 bits per heavy atom. The Morgan fingerprint density at radius 2 is 2.07 bits per heavy atom. The molecule has 2 amide bonds. The van der Waals surface area contributed by atoms with Crippen LogP contribution in [0.3, 0.4) is 0 Å². The van der Waals surface area contributed by atoms with Crippen LogP contribution < -0.4 is 20.1 Å². The Labute approximate surface area is 169 Å². The fraction of sp³-hybridized carbons (Fsp3) is 0.500. The standard InChI is InChI=1S/C20H27N5O4/c1-12(2)9-14-11-25-18(20(27)22-14)17(23-24-25)19(26)21-8-7-13-5-6-15(28-3)16(10-13)29-4/h5-6,10,12,14H,7-9,11H2,1-4H3,(H,21,26)(H,22,27)/t14-/m0/s1. The molecule has 0 radical (unpaired) electrons. The highest BCUT2D eigenvalue weighted by atomic mass is 16.5. The minimum Gasteiger partial charge on any atom is -0.493 e. The first-order valence-electron chi connectivity index (χ1n) is 9.66. The number of hydrogen-bond donors (Lipinski definition) is 2. The number of nitrogens with one attached hydrogen (secondary N) is 2. The van der Waals surface area contributed by atoms with Gasteiger partial charge in [0.25, 0.3) is 11.8 Å². The van der Waals surface area contributed by atoms with Crippen LogP contribution in [0.1, 0.15) is 46.8 Å². The number of ether oxygens (including phenoxy) is 2. The van der Waals surface area contributed by atoms with Crippen molar-refractivity contribution in [2.45, 2.75) is 39.3 Å². The number of aromatic nitrogens is 3. The van der Waals surface area contributed by atoms with E-state index in [4.69, 9.17) is 9.47 Å². The van der Waals surface area contributed by atoms with Crippen LogP contribution in [-0.4, -0.2) is 53.6 Å². The molecular formula is C20H27N5O4. The van der Waals surface area contributed by atoms with Gasteiger partial charge < -0.3 is 20.1 Å². The van der Waals surface area contributed by atoms with Crippen molar-refractivity contribution in [2.24, 2.45) is 5.92 Å². The van der Waals surface area contributed by atoms with Gasteiger partial charge in [0.1, 0.15) is 0 Å². The van der Waals surface area contributed by atoms with E-state index in [1.807, 2.05) is 18.2 Å². The van der Waals surface area contributed by atoms with Crippen LogP contribution in [-0.2, 0) is 13.0 Å². The maximum atomic E-state index is 12.5. The molecule has 1 aromatic heterocycles. The van der Waals surface area contributed by atoms with Gasteiger partial charge in [-0.2, -0.15) is 0 Å². The van der Waals surface area contributed by atoms with E-state index >= 15 is 0 Å². The molecule has 0 saturated heterocycles. The third-order valence-electron chi connectivity index (χ3n) is 4.80. The first-order valence-corrected chi connectivity index (χ1v) is 9.66. The van der Waals surface area contributed by atoms with Crippen LogP contribution in [0.2, 0.25) is 0 Å². The molecule has 1 aromatic carbocycles. The maximum absolute atomic E-state index is 12.5. The quantitative estimate of drug-likeness (QED) is 0.693. The van der Waals surface area contributed by atoms with Crippen LogP contribution in [0.4, 0.5) is 0 Å². The number of carbonyl (C=O) groups is 2. The van der Waals surface area contributed by atoms with Crippen molar-refractivity contribution in [3.63, 3.8) is 0 Å². The van der Waals surface area contributed by atoms with Crippen molar-refractivity contribution in [3.05, 3.63) is 35.2 Å². The lowest BCUT2D eigenvalue weighted by Gasteiger charge is -2.25. The van der Waals surface area contributed by atoms with E-state index in [1.165, 1.54) is 4.68 Å². The highest BCUT2D eigenvalue weighted by Gasteiger charge is 2.32. The molecule has 9 heteroatoms. The lowest BCUT2D eigenvalue weighted by atomic mass is 10.0. The zero-order valence-corrected chi connectivity index (χ0v) is 17.2. The molecule has 3 rings (SSSR count). The van der Waals surface area contributed by atoms with Gasteiger partial charge in [-0.05, 0) is 36.5 Å². The van der Waals surface area contributed by atoms with Gasteiger partial charge in [-0.1, -0.05) is 25.1 Å². The molecule has 0 fully saturated rings. The molecule has 1 aliphatic heterocycles. The van der Waals surface area contributed by atoms with Crippen LogP contribution in [0.5, 0.6) is 11.5 Å². The van der Waals surface area contributed by atoms with Crippen molar-refractivity contribution < 1.29 is 19.1 Å². The second-order valence-electron chi connectivity index (χ2n) is 7.46. The molecular weight excluding hydrogens is 374 g/mol. The summed E-state index contributed by atoms with van der Waals surface area (Å²) in [6.07, 6.45) is 1.44. The topological polar surface area (TPSA) is 107 Å². The summed E-state index contributed by atoms with van der Waals surface area (Å²) in [5.41, 5.74) is 1.26. The molecule has 156 valence electrons. The van der Waals surface area contributed by atoms with E-state index in [-0.39, 0.29) is 23.3 Å². The molecule has 0 saturated carbocycles. The minimum atomic E-state index is -0.413. The lowest BCUT2D eigenvalue weighted by molar-refractivity contribution is 0.0870.